The molecule has 0 aromatic carbocycles. The van der Waals surface area contributed by atoms with Crippen LogP contribution in [0.15, 0.2) is 0 Å². The molecule has 1 heterocycles. The van der Waals surface area contributed by atoms with E-state index in [1.54, 1.807) is 0 Å². The van der Waals surface area contributed by atoms with Crippen LogP contribution in [0.4, 0.5) is 0 Å². The predicted molar refractivity (Wildman–Crippen MR) is 59.8 cm³/mol. The molecule has 0 radical (unpaired) electrons. The van der Waals surface area contributed by atoms with Crippen molar-refractivity contribution in [1.82, 2.24) is 5.32 Å². The average Bonchev–Trinajstić information content (AvgIpc) is 2.43. The van der Waals surface area contributed by atoms with Crippen LogP contribution in [0, 0.1) is 5.92 Å². The summed E-state index contributed by atoms with van der Waals surface area (Å²) < 4.78 is 5.56. The van der Waals surface area contributed by atoms with Gasteiger partial charge in [0.1, 0.15) is 0 Å². The zero-order chi connectivity index (χ0) is 10.7. The second-order valence-electron chi connectivity index (χ2n) is 5.08. The number of nitrogens with one attached hydrogen (secondary N) is 1. The number of aliphatic hydroxyl groups is 1. The standard InChI is InChI=1S/C12H23NO2/c1-9-7-15-8-11(13-9)10-5-3-2-4-6-12(10)14/h9-14H,2-8H2,1H3. The molecule has 0 bridgehead atoms. The van der Waals surface area contributed by atoms with Gasteiger partial charge in [0.15, 0.2) is 0 Å². The molecule has 1 aliphatic heterocycles. The van der Waals surface area contributed by atoms with Gasteiger partial charge in [-0.1, -0.05) is 19.3 Å². The van der Waals surface area contributed by atoms with Crippen molar-refractivity contribution in [1.29, 1.82) is 0 Å². The van der Waals surface area contributed by atoms with Crippen molar-refractivity contribution in [2.24, 2.45) is 5.92 Å². The molecule has 0 aromatic heterocycles. The maximum Gasteiger partial charge on any atom is 0.0624 e. The van der Waals surface area contributed by atoms with Crippen LogP contribution in [0.5, 0.6) is 0 Å². The molecular formula is C12H23NO2. The van der Waals surface area contributed by atoms with Crippen LogP contribution in [0.3, 0.4) is 0 Å². The Morgan fingerprint density at radius 1 is 1.13 bits per heavy atom. The molecule has 1 saturated carbocycles. The third kappa shape index (κ3) is 2.92. The van der Waals surface area contributed by atoms with Crippen LogP contribution in [0.25, 0.3) is 0 Å². The Kier molecular flexibility index (Phi) is 4.00. The SMILES string of the molecule is CC1COCC(C2CCCCCC2O)N1. The second-order valence-corrected chi connectivity index (χ2v) is 5.08. The second kappa shape index (κ2) is 5.28. The van der Waals surface area contributed by atoms with Gasteiger partial charge in [-0.05, 0) is 19.8 Å². The number of aliphatic hydroxyl groups excluding tert-OH is 1. The topological polar surface area (TPSA) is 41.5 Å². The fourth-order valence-electron chi connectivity index (χ4n) is 2.87. The van der Waals surface area contributed by atoms with E-state index in [2.05, 4.69) is 12.2 Å². The summed E-state index contributed by atoms with van der Waals surface area (Å²) in [6, 6.07) is 0.793. The number of rotatable bonds is 1. The van der Waals surface area contributed by atoms with E-state index < -0.39 is 0 Å². The molecule has 0 amide bonds. The molecule has 0 spiro atoms. The Bertz CT molecular complexity index is 198. The molecule has 1 aliphatic carbocycles. The first-order valence-corrected chi connectivity index (χ1v) is 6.29. The van der Waals surface area contributed by atoms with Crippen molar-refractivity contribution in [2.75, 3.05) is 13.2 Å². The van der Waals surface area contributed by atoms with Crippen LogP contribution in [0.2, 0.25) is 0 Å². The Balaban J connectivity index is 1.94. The van der Waals surface area contributed by atoms with Crippen LogP contribution in [-0.2, 0) is 4.74 Å². The van der Waals surface area contributed by atoms with E-state index in [0.717, 1.165) is 26.1 Å². The maximum absolute atomic E-state index is 10.1. The van der Waals surface area contributed by atoms with Crippen molar-refractivity contribution in [2.45, 2.75) is 57.2 Å². The van der Waals surface area contributed by atoms with E-state index in [0.29, 0.717) is 18.0 Å². The van der Waals surface area contributed by atoms with E-state index >= 15 is 0 Å². The van der Waals surface area contributed by atoms with Gasteiger partial charge in [-0.25, -0.2) is 0 Å². The highest BCUT2D eigenvalue weighted by Gasteiger charge is 2.32. The highest BCUT2D eigenvalue weighted by molar-refractivity contribution is 4.87. The minimum absolute atomic E-state index is 0.126. The van der Waals surface area contributed by atoms with Gasteiger partial charge in [0.25, 0.3) is 0 Å². The maximum atomic E-state index is 10.1. The van der Waals surface area contributed by atoms with Crippen molar-refractivity contribution in [3.05, 3.63) is 0 Å². The van der Waals surface area contributed by atoms with Gasteiger partial charge in [0, 0.05) is 18.0 Å². The molecule has 2 aliphatic rings. The molecule has 2 N–H and O–H groups in total. The molecule has 1 saturated heterocycles. The Morgan fingerprint density at radius 2 is 1.93 bits per heavy atom. The van der Waals surface area contributed by atoms with E-state index in [-0.39, 0.29) is 6.10 Å². The van der Waals surface area contributed by atoms with Gasteiger partial charge in [0.05, 0.1) is 19.3 Å². The number of hydrogen-bond donors (Lipinski definition) is 2. The van der Waals surface area contributed by atoms with Crippen LogP contribution in [0.1, 0.15) is 39.0 Å². The average molecular weight is 213 g/mol. The summed E-state index contributed by atoms with van der Waals surface area (Å²) in [5.41, 5.74) is 0. The van der Waals surface area contributed by atoms with Gasteiger partial charge < -0.3 is 15.2 Å². The van der Waals surface area contributed by atoms with Crippen molar-refractivity contribution in [3.8, 4) is 0 Å². The predicted octanol–water partition coefficient (Wildman–Crippen LogP) is 1.30. The van der Waals surface area contributed by atoms with Crippen LogP contribution >= 0.6 is 0 Å². The zero-order valence-corrected chi connectivity index (χ0v) is 9.61. The summed E-state index contributed by atoms with van der Waals surface area (Å²) in [5, 5.41) is 13.7. The first kappa shape index (κ1) is 11.4. The first-order valence-electron chi connectivity index (χ1n) is 6.29. The summed E-state index contributed by atoms with van der Waals surface area (Å²) in [5.74, 6) is 0.398. The van der Waals surface area contributed by atoms with Crippen molar-refractivity contribution < 1.29 is 9.84 Å². The van der Waals surface area contributed by atoms with Crippen LogP contribution < -0.4 is 5.32 Å². The lowest BCUT2D eigenvalue weighted by atomic mass is 9.89. The molecule has 4 atom stereocenters. The van der Waals surface area contributed by atoms with Crippen LogP contribution in [-0.4, -0.2) is 36.5 Å². The summed E-state index contributed by atoms with van der Waals surface area (Å²) in [4.78, 5) is 0. The molecule has 88 valence electrons. The Labute approximate surface area is 92.2 Å². The lowest BCUT2D eigenvalue weighted by molar-refractivity contribution is -0.00508. The quantitative estimate of drug-likeness (QED) is 0.645. The summed E-state index contributed by atoms with van der Waals surface area (Å²) in [7, 11) is 0. The van der Waals surface area contributed by atoms with Gasteiger partial charge in [0.2, 0.25) is 0 Å². The third-order valence-corrected chi connectivity index (χ3v) is 3.71. The highest BCUT2D eigenvalue weighted by Crippen LogP contribution is 2.27. The summed E-state index contributed by atoms with van der Waals surface area (Å²) in [6.07, 6.45) is 5.71. The monoisotopic (exact) mass is 213 g/mol. The van der Waals surface area contributed by atoms with E-state index in [4.69, 9.17) is 4.74 Å². The molecule has 3 nitrogen and oxygen atoms in total. The third-order valence-electron chi connectivity index (χ3n) is 3.71. The summed E-state index contributed by atoms with van der Waals surface area (Å²) in [6.45, 7) is 3.72. The zero-order valence-electron chi connectivity index (χ0n) is 9.61. The smallest absolute Gasteiger partial charge is 0.0624 e. The van der Waals surface area contributed by atoms with Crippen molar-refractivity contribution in [3.63, 3.8) is 0 Å². The molecule has 4 unspecified atom stereocenters. The minimum Gasteiger partial charge on any atom is -0.393 e. The number of morpholine rings is 1. The fourth-order valence-corrected chi connectivity index (χ4v) is 2.87. The van der Waals surface area contributed by atoms with Gasteiger partial charge >= 0.3 is 0 Å². The lowest BCUT2D eigenvalue weighted by Crippen LogP contribution is -2.53. The highest BCUT2D eigenvalue weighted by atomic mass is 16.5. The first-order chi connectivity index (χ1) is 7.27. The van der Waals surface area contributed by atoms with Gasteiger partial charge in [-0.15, -0.1) is 0 Å². The Morgan fingerprint density at radius 3 is 2.73 bits per heavy atom. The molecular weight excluding hydrogens is 190 g/mol. The largest absolute Gasteiger partial charge is 0.393 e. The van der Waals surface area contributed by atoms with E-state index in [1.807, 2.05) is 0 Å². The molecule has 2 rings (SSSR count). The molecule has 15 heavy (non-hydrogen) atoms. The number of hydrogen-bond acceptors (Lipinski definition) is 3. The molecule has 3 heteroatoms. The van der Waals surface area contributed by atoms with E-state index in [9.17, 15) is 5.11 Å². The summed E-state index contributed by atoms with van der Waals surface area (Å²) >= 11 is 0. The van der Waals surface area contributed by atoms with E-state index in [1.165, 1.54) is 19.3 Å². The molecule has 2 fully saturated rings. The fraction of sp³-hybridized carbons (Fsp3) is 1.00. The normalized spacial score (nSPS) is 43.6. The Hall–Kier alpha value is -0.120. The van der Waals surface area contributed by atoms with Gasteiger partial charge in [-0.3, -0.25) is 0 Å². The lowest BCUT2D eigenvalue weighted by Gasteiger charge is -2.36. The van der Waals surface area contributed by atoms with Gasteiger partial charge in [-0.2, -0.15) is 0 Å². The van der Waals surface area contributed by atoms with Crippen molar-refractivity contribution >= 4 is 0 Å². The number of ether oxygens (including phenoxy) is 1. The molecule has 0 aromatic rings. The minimum atomic E-state index is -0.126.